The third kappa shape index (κ3) is 5.54. The molecule has 0 spiro atoms. The maximum absolute atomic E-state index is 3.60. The van der Waals surface area contributed by atoms with E-state index in [1.807, 2.05) is 12.2 Å². The quantitative estimate of drug-likeness (QED) is 0.594. The lowest BCUT2D eigenvalue weighted by Crippen LogP contribution is -2.08. The third-order valence-corrected chi connectivity index (χ3v) is 1.51. The second kappa shape index (κ2) is 7.86. The molecule has 0 saturated heterocycles. The fourth-order valence-corrected chi connectivity index (χ4v) is 0.775. The summed E-state index contributed by atoms with van der Waals surface area (Å²) in [7, 11) is 0. The molecule has 0 unspecified atom stereocenters. The molecule has 0 heterocycles. The summed E-state index contributed by atoms with van der Waals surface area (Å²) in [5.41, 5.74) is 1.35. The van der Waals surface area contributed by atoms with Gasteiger partial charge < -0.3 is 5.32 Å². The molecule has 0 aliphatic rings. The van der Waals surface area contributed by atoms with Crippen LogP contribution in [0.5, 0.6) is 0 Å². The van der Waals surface area contributed by atoms with E-state index in [0.29, 0.717) is 0 Å². The Labute approximate surface area is 75.2 Å². The SMILES string of the molecule is C=C/C=C\C=C(/CC)CNC=C. The zero-order valence-electron chi connectivity index (χ0n) is 7.72. The van der Waals surface area contributed by atoms with Gasteiger partial charge in [0.25, 0.3) is 0 Å². The van der Waals surface area contributed by atoms with Crippen molar-refractivity contribution in [3.05, 3.63) is 49.2 Å². The highest BCUT2D eigenvalue weighted by Crippen LogP contribution is 1.98. The molecule has 12 heavy (non-hydrogen) atoms. The van der Waals surface area contributed by atoms with Crippen molar-refractivity contribution >= 4 is 0 Å². The van der Waals surface area contributed by atoms with Crippen LogP contribution in [0, 0.1) is 0 Å². The summed E-state index contributed by atoms with van der Waals surface area (Å²) in [6, 6.07) is 0. The highest BCUT2D eigenvalue weighted by atomic mass is 14.8. The Hall–Kier alpha value is -1.24. The molecule has 0 bridgehead atoms. The molecule has 1 nitrogen and oxygen atoms in total. The highest BCUT2D eigenvalue weighted by molar-refractivity contribution is 5.16. The minimum absolute atomic E-state index is 0.876. The van der Waals surface area contributed by atoms with Crippen molar-refractivity contribution in [1.29, 1.82) is 0 Å². The van der Waals surface area contributed by atoms with E-state index in [0.717, 1.165) is 13.0 Å². The van der Waals surface area contributed by atoms with Gasteiger partial charge in [-0.25, -0.2) is 0 Å². The largest absolute Gasteiger partial charge is 0.388 e. The number of rotatable bonds is 6. The van der Waals surface area contributed by atoms with Gasteiger partial charge in [-0.2, -0.15) is 0 Å². The van der Waals surface area contributed by atoms with E-state index < -0.39 is 0 Å². The molecule has 66 valence electrons. The molecule has 0 amide bonds. The van der Waals surface area contributed by atoms with Crippen LogP contribution < -0.4 is 5.32 Å². The molecular formula is C11H17N. The molecule has 0 atom stereocenters. The highest BCUT2D eigenvalue weighted by Gasteiger charge is 1.88. The number of nitrogens with one attached hydrogen (secondary N) is 1. The molecule has 0 fully saturated rings. The Morgan fingerprint density at radius 3 is 2.58 bits per heavy atom. The van der Waals surface area contributed by atoms with Crippen LogP contribution in [0.25, 0.3) is 0 Å². The number of allylic oxidation sites excluding steroid dienone is 4. The van der Waals surface area contributed by atoms with E-state index in [-0.39, 0.29) is 0 Å². The van der Waals surface area contributed by atoms with Crippen LogP contribution in [0.15, 0.2) is 49.2 Å². The summed E-state index contributed by atoms with van der Waals surface area (Å²) in [4.78, 5) is 0. The van der Waals surface area contributed by atoms with Gasteiger partial charge in [-0.1, -0.05) is 50.0 Å². The van der Waals surface area contributed by atoms with Gasteiger partial charge in [0.2, 0.25) is 0 Å². The topological polar surface area (TPSA) is 12.0 Å². The zero-order valence-corrected chi connectivity index (χ0v) is 7.72. The van der Waals surface area contributed by atoms with Gasteiger partial charge in [0, 0.05) is 6.54 Å². The van der Waals surface area contributed by atoms with Crippen LogP contribution in [-0.2, 0) is 0 Å². The van der Waals surface area contributed by atoms with Crippen LogP contribution >= 0.6 is 0 Å². The van der Waals surface area contributed by atoms with Crippen LogP contribution in [0.3, 0.4) is 0 Å². The van der Waals surface area contributed by atoms with E-state index >= 15 is 0 Å². The maximum Gasteiger partial charge on any atom is 0.0357 e. The smallest absolute Gasteiger partial charge is 0.0357 e. The van der Waals surface area contributed by atoms with Crippen LogP contribution in [0.4, 0.5) is 0 Å². The fourth-order valence-electron chi connectivity index (χ4n) is 0.775. The summed E-state index contributed by atoms with van der Waals surface area (Å²) >= 11 is 0. The standard InChI is InChI=1S/C11H17N/c1-4-7-8-9-11(5-2)10-12-6-3/h4,6-9,12H,1,3,5,10H2,2H3/b8-7-,11-9+. The first-order valence-electron chi connectivity index (χ1n) is 4.16. The molecule has 1 N–H and O–H groups in total. The van der Waals surface area contributed by atoms with Gasteiger partial charge in [-0.3, -0.25) is 0 Å². The monoisotopic (exact) mass is 163 g/mol. The minimum Gasteiger partial charge on any atom is -0.388 e. The molecule has 0 aliphatic carbocycles. The minimum atomic E-state index is 0.876. The molecule has 0 aromatic rings. The zero-order chi connectivity index (χ0) is 9.23. The average molecular weight is 163 g/mol. The van der Waals surface area contributed by atoms with Crippen molar-refractivity contribution < 1.29 is 0 Å². The first kappa shape index (κ1) is 10.8. The second-order valence-corrected chi connectivity index (χ2v) is 2.38. The van der Waals surface area contributed by atoms with Crippen molar-refractivity contribution in [3.63, 3.8) is 0 Å². The molecular weight excluding hydrogens is 146 g/mol. The summed E-state index contributed by atoms with van der Waals surface area (Å²) in [6.45, 7) is 10.2. The Balaban J connectivity index is 3.93. The van der Waals surface area contributed by atoms with E-state index in [1.54, 1.807) is 12.3 Å². The Bertz CT molecular complexity index is 187. The predicted molar refractivity (Wildman–Crippen MR) is 55.9 cm³/mol. The van der Waals surface area contributed by atoms with Crippen LogP contribution in [-0.4, -0.2) is 6.54 Å². The summed E-state index contributed by atoms with van der Waals surface area (Å²) in [6.07, 6.45) is 10.5. The normalized spacial score (nSPS) is 11.6. The molecule has 0 aromatic carbocycles. The predicted octanol–water partition coefficient (Wildman–Crippen LogP) is 2.80. The van der Waals surface area contributed by atoms with Crippen LogP contribution in [0.2, 0.25) is 0 Å². The summed E-state index contributed by atoms with van der Waals surface area (Å²) < 4.78 is 0. The molecule has 0 radical (unpaired) electrons. The Morgan fingerprint density at radius 2 is 2.08 bits per heavy atom. The van der Waals surface area contributed by atoms with Crippen molar-refractivity contribution in [3.8, 4) is 0 Å². The lowest BCUT2D eigenvalue weighted by Gasteiger charge is -2.01. The lowest BCUT2D eigenvalue weighted by molar-refractivity contribution is 0.890. The van der Waals surface area contributed by atoms with Crippen LogP contribution in [0.1, 0.15) is 13.3 Å². The van der Waals surface area contributed by atoms with Gasteiger partial charge in [-0.05, 0) is 12.6 Å². The third-order valence-electron chi connectivity index (χ3n) is 1.51. The van der Waals surface area contributed by atoms with E-state index in [4.69, 9.17) is 0 Å². The molecule has 0 saturated carbocycles. The van der Waals surface area contributed by atoms with Gasteiger partial charge in [-0.15, -0.1) is 0 Å². The number of hydrogen-bond acceptors (Lipinski definition) is 1. The van der Waals surface area contributed by atoms with Gasteiger partial charge in [0.1, 0.15) is 0 Å². The molecule has 0 rings (SSSR count). The lowest BCUT2D eigenvalue weighted by atomic mass is 10.2. The van der Waals surface area contributed by atoms with Gasteiger partial charge >= 0.3 is 0 Å². The molecule has 0 aromatic heterocycles. The van der Waals surface area contributed by atoms with E-state index in [9.17, 15) is 0 Å². The van der Waals surface area contributed by atoms with E-state index in [1.165, 1.54) is 5.57 Å². The van der Waals surface area contributed by atoms with Gasteiger partial charge in [0.05, 0.1) is 0 Å². The van der Waals surface area contributed by atoms with Gasteiger partial charge in [0.15, 0.2) is 0 Å². The molecule has 1 heteroatoms. The van der Waals surface area contributed by atoms with E-state index in [2.05, 4.69) is 31.5 Å². The van der Waals surface area contributed by atoms with Crippen molar-refractivity contribution in [2.24, 2.45) is 0 Å². The summed E-state index contributed by atoms with van der Waals surface area (Å²) in [5, 5.41) is 3.06. The van der Waals surface area contributed by atoms with Crippen molar-refractivity contribution in [1.82, 2.24) is 5.32 Å². The Morgan fingerprint density at radius 1 is 1.33 bits per heavy atom. The summed E-state index contributed by atoms with van der Waals surface area (Å²) in [5.74, 6) is 0. The first-order chi connectivity index (χ1) is 5.85. The molecule has 0 aliphatic heterocycles. The first-order valence-corrected chi connectivity index (χ1v) is 4.16. The van der Waals surface area contributed by atoms with Crippen molar-refractivity contribution in [2.45, 2.75) is 13.3 Å². The Kier molecular flexibility index (Phi) is 7.05. The maximum atomic E-state index is 3.60. The number of hydrogen-bond donors (Lipinski definition) is 1. The van der Waals surface area contributed by atoms with Crippen molar-refractivity contribution in [2.75, 3.05) is 6.54 Å². The second-order valence-electron chi connectivity index (χ2n) is 2.38. The average Bonchev–Trinajstić information content (AvgIpc) is 2.11. The fraction of sp³-hybridized carbons (Fsp3) is 0.273.